The van der Waals surface area contributed by atoms with E-state index in [9.17, 15) is 4.79 Å². The maximum Gasteiger partial charge on any atom is 0.255 e. The van der Waals surface area contributed by atoms with Crippen LogP contribution in [0.15, 0.2) is 78.9 Å². The number of hydrogen-bond donors (Lipinski definition) is 0. The largest absolute Gasteiger partial charge is 0.497 e. The summed E-state index contributed by atoms with van der Waals surface area (Å²) in [6.45, 7) is 2.57. The number of ether oxygens (including phenoxy) is 3. The lowest BCUT2D eigenvalue weighted by Crippen LogP contribution is -2.29. The highest BCUT2D eigenvalue weighted by Crippen LogP contribution is 2.31. The fraction of sp³-hybridized carbons (Fsp3) is 0.233. The standard InChI is InChI=1S/C30H32N2O4/c1-21-26(30(33)31(2)18-17-22-11-16-28(35-4)29(19-22)36-5)20-27(23-12-14-25(34-3)15-13-23)32(21)24-9-7-6-8-10-24/h6-16,19-20H,17-18H2,1-5H3. The van der Waals surface area contributed by atoms with Crippen LogP contribution in [-0.2, 0) is 6.42 Å². The van der Waals surface area contributed by atoms with Gasteiger partial charge in [-0.3, -0.25) is 4.79 Å². The zero-order valence-corrected chi connectivity index (χ0v) is 21.4. The van der Waals surface area contributed by atoms with E-state index in [1.807, 2.05) is 80.7 Å². The van der Waals surface area contributed by atoms with E-state index >= 15 is 0 Å². The summed E-state index contributed by atoms with van der Waals surface area (Å²) >= 11 is 0. The highest BCUT2D eigenvalue weighted by molar-refractivity contribution is 5.97. The van der Waals surface area contributed by atoms with Gasteiger partial charge in [-0.25, -0.2) is 0 Å². The lowest BCUT2D eigenvalue weighted by molar-refractivity contribution is 0.0796. The zero-order valence-electron chi connectivity index (χ0n) is 21.4. The molecule has 1 amide bonds. The molecule has 0 bridgehead atoms. The van der Waals surface area contributed by atoms with Crippen LogP contribution in [0.2, 0.25) is 0 Å². The summed E-state index contributed by atoms with van der Waals surface area (Å²) in [6.07, 6.45) is 0.701. The summed E-state index contributed by atoms with van der Waals surface area (Å²) in [6, 6.07) is 25.8. The molecule has 0 aliphatic carbocycles. The van der Waals surface area contributed by atoms with Gasteiger partial charge in [0.2, 0.25) is 0 Å². The Balaban J connectivity index is 1.63. The summed E-state index contributed by atoms with van der Waals surface area (Å²) < 4.78 is 18.2. The van der Waals surface area contributed by atoms with E-state index in [0.717, 1.165) is 34.0 Å². The van der Waals surface area contributed by atoms with Crippen LogP contribution in [0.5, 0.6) is 17.2 Å². The maximum atomic E-state index is 13.6. The summed E-state index contributed by atoms with van der Waals surface area (Å²) in [7, 11) is 6.74. The second kappa shape index (κ2) is 11.0. The van der Waals surface area contributed by atoms with Gasteiger partial charge in [-0.2, -0.15) is 0 Å². The predicted molar refractivity (Wildman–Crippen MR) is 143 cm³/mol. The van der Waals surface area contributed by atoms with Crippen molar-refractivity contribution in [2.24, 2.45) is 0 Å². The molecule has 0 radical (unpaired) electrons. The summed E-state index contributed by atoms with van der Waals surface area (Å²) in [4.78, 5) is 15.4. The number of amides is 1. The van der Waals surface area contributed by atoms with Crippen molar-refractivity contribution in [3.05, 3.63) is 95.7 Å². The number of benzene rings is 3. The lowest BCUT2D eigenvalue weighted by Gasteiger charge is -2.18. The zero-order chi connectivity index (χ0) is 25.7. The van der Waals surface area contributed by atoms with E-state index in [-0.39, 0.29) is 5.91 Å². The SMILES string of the molecule is COc1ccc(-c2cc(C(=O)N(C)CCc3ccc(OC)c(OC)c3)c(C)n2-c2ccccc2)cc1. The van der Waals surface area contributed by atoms with Crippen molar-refractivity contribution in [3.63, 3.8) is 0 Å². The number of carbonyl (C=O) groups excluding carboxylic acids is 1. The molecule has 0 saturated carbocycles. The number of methoxy groups -OCH3 is 3. The van der Waals surface area contributed by atoms with Crippen LogP contribution in [0.1, 0.15) is 21.6 Å². The molecule has 1 heterocycles. The molecule has 4 rings (SSSR count). The molecule has 0 spiro atoms. The Labute approximate surface area is 212 Å². The van der Waals surface area contributed by atoms with Gasteiger partial charge in [0.1, 0.15) is 5.75 Å². The molecule has 0 unspecified atom stereocenters. The first-order chi connectivity index (χ1) is 17.5. The fourth-order valence-electron chi connectivity index (χ4n) is 4.35. The van der Waals surface area contributed by atoms with Gasteiger partial charge in [0.15, 0.2) is 11.5 Å². The number of hydrogen-bond acceptors (Lipinski definition) is 4. The van der Waals surface area contributed by atoms with Crippen LogP contribution in [0.3, 0.4) is 0 Å². The topological polar surface area (TPSA) is 52.9 Å². The molecule has 4 aromatic rings. The van der Waals surface area contributed by atoms with Gasteiger partial charge in [-0.05, 0) is 79.1 Å². The third kappa shape index (κ3) is 5.08. The van der Waals surface area contributed by atoms with Crippen LogP contribution in [-0.4, -0.2) is 50.3 Å². The lowest BCUT2D eigenvalue weighted by atomic mass is 10.1. The van der Waals surface area contributed by atoms with Crippen molar-refractivity contribution < 1.29 is 19.0 Å². The van der Waals surface area contributed by atoms with Gasteiger partial charge in [-0.15, -0.1) is 0 Å². The molecule has 1 aromatic heterocycles. The van der Waals surface area contributed by atoms with E-state index in [2.05, 4.69) is 16.7 Å². The highest BCUT2D eigenvalue weighted by atomic mass is 16.5. The van der Waals surface area contributed by atoms with Gasteiger partial charge < -0.3 is 23.7 Å². The van der Waals surface area contributed by atoms with Gasteiger partial charge in [-0.1, -0.05) is 24.3 Å². The van der Waals surface area contributed by atoms with E-state index in [0.29, 0.717) is 30.0 Å². The van der Waals surface area contributed by atoms with Gasteiger partial charge in [0.25, 0.3) is 5.91 Å². The minimum absolute atomic E-state index is 0.0163. The molecular formula is C30H32N2O4. The smallest absolute Gasteiger partial charge is 0.255 e. The van der Waals surface area contributed by atoms with E-state index in [1.54, 1.807) is 26.2 Å². The summed E-state index contributed by atoms with van der Waals surface area (Å²) in [5.74, 6) is 2.15. The molecular weight excluding hydrogens is 452 g/mol. The molecule has 6 nitrogen and oxygen atoms in total. The number of likely N-dealkylation sites (N-methyl/N-ethyl adjacent to an activating group) is 1. The number of rotatable bonds is 9. The molecule has 0 aliphatic heterocycles. The monoisotopic (exact) mass is 484 g/mol. The second-order valence-corrected chi connectivity index (χ2v) is 8.59. The van der Waals surface area contributed by atoms with E-state index in [4.69, 9.17) is 14.2 Å². The van der Waals surface area contributed by atoms with Crippen molar-refractivity contribution in [1.82, 2.24) is 9.47 Å². The Morgan fingerprint density at radius 3 is 2.17 bits per heavy atom. The molecule has 0 aliphatic rings. The minimum Gasteiger partial charge on any atom is -0.497 e. The van der Waals surface area contributed by atoms with Gasteiger partial charge >= 0.3 is 0 Å². The predicted octanol–water partition coefficient (Wildman–Crippen LogP) is 5.79. The van der Waals surface area contributed by atoms with E-state index in [1.165, 1.54) is 0 Å². The third-order valence-corrected chi connectivity index (χ3v) is 6.41. The van der Waals surface area contributed by atoms with Crippen LogP contribution < -0.4 is 14.2 Å². The van der Waals surface area contributed by atoms with Crippen LogP contribution in [0, 0.1) is 6.92 Å². The molecule has 186 valence electrons. The quantitative estimate of drug-likeness (QED) is 0.302. The van der Waals surface area contributed by atoms with Crippen molar-refractivity contribution in [3.8, 4) is 34.2 Å². The molecule has 6 heteroatoms. The summed E-state index contributed by atoms with van der Waals surface area (Å²) in [5, 5.41) is 0. The molecule has 0 N–H and O–H groups in total. The summed E-state index contributed by atoms with van der Waals surface area (Å²) in [5.41, 5.74) is 5.62. The van der Waals surface area contributed by atoms with Crippen molar-refractivity contribution in [2.75, 3.05) is 34.9 Å². The van der Waals surface area contributed by atoms with E-state index < -0.39 is 0 Å². The highest BCUT2D eigenvalue weighted by Gasteiger charge is 2.22. The first-order valence-corrected chi connectivity index (χ1v) is 11.9. The van der Waals surface area contributed by atoms with Crippen LogP contribution in [0.25, 0.3) is 16.9 Å². The number of carbonyl (C=O) groups is 1. The number of nitrogens with zero attached hydrogens (tertiary/aromatic N) is 2. The Bertz CT molecular complexity index is 1330. The Morgan fingerprint density at radius 2 is 1.53 bits per heavy atom. The molecule has 0 saturated heterocycles. The Kier molecular flexibility index (Phi) is 7.64. The maximum absolute atomic E-state index is 13.6. The second-order valence-electron chi connectivity index (χ2n) is 8.59. The van der Waals surface area contributed by atoms with Crippen molar-refractivity contribution in [2.45, 2.75) is 13.3 Å². The van der Waals surface area contributed by atoms with Gasteiger partial charge in [0, 0.05) is 25.0 Å². The minimum atomic E-state index is -0.0163. The third-order valence-electron chi connectivity index (χ3n) is 6.41. The Morgan fingerprint density at radius 1 is 0.833 bits per heavy atom. The first kappa shape index (κ1) is 24.9. The number of aromatic nitrogens is 1. The fourth-order valence-corrected chi connectivity index (χ4v) is 4.35. The van der Waals surface area contributed by atoms with Crippen LogP contribution >= 0.6 is 0 Å². The Hall–Kier alpha value is -4.19. The normalized spacial score (nSPS) is 10.7. The van der Waals surface area contributed by atoms with Crippen LogP contribution in [0.4, 0.5) is 0 Å². The molecule has 3 aromatic carbocycles. The molecule has 0 atom stereocenters. The molecule has 0 fully saturated rings. The van der Waals surface area contributed by atoms with Crippen molar-refractivity contribution in [1.29, 1.82) is 0 Å². The van der Waals surface area contributed by atoms with Gasteiger partial charge in [0.05, 0.1) is 32.6 Å². The number of para-hydroxylation sites is 1. The average Bonchev–Trinajstić information content (AvgIpc) is 3.28. The first-order valence-electron chi connectivity index (χ1n) is 11.9. The van der Waals surface area contributed by atoms with Crippen molar-refractivity contribution >= 4 is 5.91 Å². The molecule has 36 heavy (non-hydrogen) atoms. The average molecular weight is 485 g/mol.